The summed E-state index contributed by atoms with van der Waals surface area (Å²) in [5.74, 6) is 0.946. The van der Waals surface area contributed by atoms with Gasteiger partial charge in [-0.15, -0.1) is 0 Å². The molecule has 3 rings (SSSR count). The zero-order chi connectivity index (χ0) is 13.6. The molecule has 20 heavy (non-hydrogen) atoms. The summed E-state index contributed by atoms with van der Waals surface area (Å²) in [6.07, 6.45) is 13.6. The average molecular weight is 273 g/mol. The van der Waals surface area contributed by atoms with Gasteiger partial charge in [0.25, 0.3) is 0 Å². The second-order valence-corrected chi connectivity index (χ2v) is 6.38. The maximum absolute atomic E-state index is 4.10. The molecule has 0 atom stereocenters. The Morgan fingerprint density at radius 3 is 2.40 bits per heavy atom. The molecule has 0 spiro atoms. The van der Waals surface area contributed by atoms with Gasteiger partial charge in [-0.3, -0.25) is 4.98 Å². The lowest BCUT2D eigenvalue weighted by Gasteiger charge is -2.35. The Morgan fingerprint density at radius 1 is 1.00 bits per heavy atom. The van der Waals surface area contributed by atoms with Crippen LogP contribution in [-0.4, -0.2) is 30.7 Å². The highest BCUT2D eigenvalue weighted by Crippen LogP contribution is 2.24. The first-order valence-electron chi connectivity index (χ1n) is 8.30. The average Bonchev–Trinajstić information content (AvgIpc) is 2.55. The summed E-state index contributed by atoms with van der Waals surface area (Å²) < 4.78 is 0. The number of aromatic nitrogens is 1. The third-order valence-corrected chi connectivity index (χ3v) is 4.94. The zero-order valence-electron chi connectivity index (χ0n) is 12.4. The highest BCUT2D eigenvalue weighted by atomic mass is 15.1. The fraction of sp³-hybridized carbons (Fsp3) is 0.706. The summed E-state index contributed by atoms with van der Waals surface area (Å²) in [6.45, 7) is 3.60. The van der Waals surface area contributed by atoms with E-state index in [9.17, 15) is 0 Å². The molecule has 1 aromatic rings. The summed E-state index contributed by atoms with van der Waals surface area (Å²) in [6, 6.07) is 4.97. The molecule has 3 nitrogen and oxygen atoms in total. The zero-order valence-corrected chi connectivity index (χ0v) is 12.4. The number of hydrogen-bond donors (Lipinski definition) is 1. The van der Waals surface area contributed by atoms with Gasteiger partial charge in [0.1, 0.15) is 0 Å². The molecule has 2 fully saturated rings. The molecule has 110 valence electrons. The number of pyridine rings is 1. The van der Waals surface area contributed by atoms with Gasteiger partial charge < -0.3 is 10.2 Å². The standard InChI is InChI=1S/C17H27N3/c1-2-4-15(5-3-1)14-19-16-8-12-20(13-9-16)17-6-10-18-11-7-17/h6-7,10-11,15-16,19H,1-5,8-9,12-14H2. The van der Waals surface area contributed by atoms with Crippen molar-refractivity contribution in [3.05, 3.63) is 24.5 Å². The van der Waals surface area contributed by atoms with Crippen LogP contribution in [0.1, 0.15) is 44.9 Å². The summed E-state index contributed by atoms with van der Waals surface area (Å²) in [4.78, 5) is 6.58. The Hall–Kier alpha value is -1.09. The van der Waals surface area contributed by atoms with Crippen molar-refractivity contribution in [2.75, 3.05) is 24.5 Å². The van der Waals surface area contributed by atoms with E-state index in [0.717, 1.165) is 12.0 Å². The second kappa shape index (κ2) is 7.07. The third kappa shape index (κ3) is 3.72. The molecule has 3 heteroatoms. The van der Waals surface area contributed by atoms with E-state index in [0.29, 0.717) is 0 Å². The number of anilines is 1. The van der Waals surface area contributed by atoms with E-state index in [1.807, 2.05) is 12.4 Å². The van der Waals surface area contributed by atoms with Crippen molar-refractivity contribution in [1.82, 2.24) is 10.3 Å². The maximum Gasteiger partial charge on any atom is 0.0397 e. The van der Waals surface area contributed by atoms with Crippen LogP contribution in [0.3, 0.4) is 0 Å². The Morgan fingerprint density at radius 2 is 1.70 bits per heavy atom. The van der Waals surface area contributed by atoms with Gasteiger partial charge in [0.2, 0.25) is 0 Å². The van der Waals surface area contributed by atoms with Gasteiger partial charge in [0, 0.05) is 37.2 Å². The topological polar surface area (TPSA) is 28.2 Å². The molecule has 0 amide bonds. The minimum Gasteiger partial charge on any atom is -0.371 e. The Kier molecular flexibility index (Phi) is 4.91. The van der Waals surface area contributed by atoms with E-state index in [1.165, 1.54) is 70.3 Å². The summed E-state index contributed by atoms with van der Waals surface area (Å²) in [5, 5.41) is 3.82. The highest BCUT2D eigenvalue weighted by Gasteiger charge is 2.20. The lowest BCUT2D eigenvalue weighted by Crippen LogP contribution is -2.44. The molecule has 0 radical (unpaired) electrons. The molecule has 1 saturated carbocycles. The van der Waals surface area contributed by atoms with Crippen LogP contribution in [0, 0.1) is 5.92 Å². The monoisotopic (exact) mass is 273 g/mol. The fourth-order valence-corrected chi connectivity index (χ4v) is 3.62. The Bertz CT molecular complexity index is 378. The SMILES string of the molecule is c1cc(N2CCC(NCC3CCCCC3)CC2)ccn1. The van der Waals surface area contributed by atoms with Crippen LogP contribution < -0.4 is 10.2 Å². The van der Waals surface area contributed by atoms with Gasteiger partial charge in [-0.1, -0.05) is 19.3 Å². The lowest BCUT2D eigenvalue weighted by atomic mass is 9.89. The van der Waals surface area contributed by atoms with Crippen LogP contribution in [-0.2, 0) is 0 Å². The molecule has 0 bridgehead atoms. The van der Waals surface area contributed by atoms with Gasteiger partial charge in [0.05, 0.1) is 0 Å². The van der Waals surface area contributed by atoms with Crippen molar-refractivity contribution >= 4 is 5.69 Å². The predicted molar refractivity (Wildman–Crippen MR) is 84.0 cm³/mol. The van der Waals surface area contributed by atoms with Crippen LogP contribution in [0.15, 0.2) is 24.5 Å². The molecule has 1 aliphatic carbocycles. The summed E-state index contributed by atoms with van der Waals surface area (Å²) in [7, 11) is 0. The van der Waals surface area contributed by atoms with E-state index < -0.39 is 0 Å². The largest absolute Gasteiger partial charge is 0.371 e. The molecule has 2 heterocycles. The molecular weight excluding hydrogens is 246 g/mol. The molecule has 1 saturated heterocycles. The van der Waals surface area contributed by atoms with Crippen molar-refractivity contribution < 1.29 is 0 Å². The third-order valence-electron chi connectivity index (χ3n) is 4.94. The normalized spacial score (nSPS) is 22.1. The Labute approximate surface area is 122 Å². The van der Waals surface area contributed by atoms with E-state index in [4.69, 9.17) is 0 Å². The van der Waals surface area contributed by atoms with Gasteiger partial charge in [0.15, 0.2) is 0 Å². The van der Waals surface area contributed by atoms with Crippen molar-refractivity contribution in [3.63, 3.8) is 0 Å². The molecule has 0 aromatic carbocycles. The van der Waals surface area contributed by atoms with Crippen LogP contribution in [0.5, 0.6) is 0 Å². The van der Waals surface area contributed by atoms with Crippen LogP contribution in [0.4, 0.5) is 5.69 Å². The minimum atomic E-state index is 0.731. The summed E-state index contributed by atoms with van der Waals surface area (Å²) in [5.41, 5.74) is 1.32. The number of piperidine rings is 1. The first-order valence-corrected chi connectivity index (χ1v) is 8.30. The van der Waals surface area contributed by atoms with E-state index in [1.54, 1.807) is 0 Å². The first kappa shape index (κ1) is 13.9. The maximum atomic E-state index is 4.10. The van der Waals surface area contributed by atoms with Crippen molar-refractivity contribution in [1.29, 1.82) is 0 Å². The molecule has 2 aliphatic rings. The van der Waals surface area contributed by atoms with Gasteiger partial charge in [-0.2, -0.15) is 0 Å². The molecule has 0 unspecified atom stereocenters. The number of nitrogens with zero attached hydrogens (tertiary/aromatic N) is 2. The summed E-state index contributed by atoms with van der Waals surface area (Å²) >= 11 is 0. The van der Waals surface area contributed by atoms with Gasteiger partial charge in [-0.05, 0) is 50.3 Å². The number of rotatable bonds is 4. The van der Waals surface area contributed by atoms with Gasteiger partial charge >= 0.3 is 0 Å². The van der Waals surface area contributed by atoms with Crippen LogP contribution >= 0.6 is 0 Å². The van der Waals surface area contributed by atoms with E-state index >= 15 is 0 Å². The molecule has 1 N–H and O–H groups in total. The van der Waals surface area contributed by atoms with E-state index in [2.05, 4.69) is 27.3 Å². The van der Waals surface area contributed by atoms with Crippen molar-refractivity contribution in [2.24, 2.45) is 5.92 Å². The molecular formula is C17H27N3. The highest BCUT2D eigenvalue weighted by molar-refractivity contribution is 5.44. The first-order chi connectivity index (χ1) is 9.92. The lowest BCUT2D eigenvalue weighted by molar-refractivity contribution is 0.311. The van der Waals surface area contributed by atoms with Crippen LogP contribution in [0.25, 0.3) is 0 Å². The second-order valence-electron chi connectivity index (χ2n) is 6.38. The number of nitrogens with one attached hydrogen (secondary N) is 1. The quantitative estimate of drug-likeness (QED) is 0.913. The van der Waals surface area contributed by atoms with Crippen molar-refractivity contribution in [2.45, 2.75) is 51.0 Å². The fourth-order valence-electron chi connectivity index (χ4n) is 3.62. The Balaban J connectivity index is 1.40. The molecule has 1 aromatic heterocycles. The molecule has 1 aliphatic heterocycles. The smallest absolute Gasteiger partial charge is 0.0397 e. The van der Waals surface area contributed by atoms with E-state index in [-0.39, 0.29) is 0 Å². The van der Waals surface area contributed by atoms with Crippen LogP contribution in [0.2, 0.25) is 0 Å². The number of hydrogen-bond acceptors (Lipinski definition) is 3. The van der Waals surface area contributed by atoms with Gasteiger partial charge in [-0.25, -0.2) is 0 Å². The minimum absolute atomic E-state index is 0.731. The predicted octanol–water partition coefficient (Wildman–Crippen LogP) is 3.22. The van der Waals surface area contributed by atoms with Crippen molar-refractivity contribution in [3.8, 4) is 0 Å².